The third-order valence-corrected chi connectivity index (χ3v) is 3.84. The molecule has 0 amide bonds. The maximum Gasteiger partial charge on any atom is 0.248 e. The largest absolute Gasteiger partial charge is 0.271 e. The van der Waals surface area contributed by atoms with Crippen LogP contribution in [0.25, 0.3) is 0 Å². The number of nitrogens with two attached hydrogens (primary N) is 1. The molecule has 1 aliphatic rings. The molecule has 2 nitrogen and oxygen atoms in total. The fraction of sp³-hybridized carbons (Fsp3) is 0.571. The molecule has 1 unspecified atom stereocenters. The zero-order valence-corrected chi connectivity index (χ0v) is 10.4. The van der Waals surface area contributed by atoms with E-state index in [2.05, 4.69) is 5.43 Å². The number of rotatable bonds is 4. The van der Waals surface area contributed by atoms with Gasteiger partial charge in [0.2, 0.25) is 5.92 Å². The van der Waals surface area contributed by atoms with Crippen LogP contribution in [0.4, 0.5) is 8.78 Å². The molecule has 1 aromatic carbocycles. The van der Waals surface area contributed by atoms with Crippen molar-refractivity contribution in [3.63, 3.8) is 0 Å². The van der Waals surface area contributed by atoms with Crippen molar-refractivity contribution in [1.29, 1.82) is 0 Å². The van der Waals surface area contributed by atoms with Gasteiger partial charge in [-0.2, -0.15) is 0 Å². The molecule has 0 saturated heterocycles. The Balaban J connectivity index is 1.94. The molecule has 0 bridgehead atoms. The Kier molecular flexibility index (Phi) is 4.30. The lowest BCUT2D eigenvalue weighted by atomic mass is 9.80. The van der Waals surface area contributed by atoms with Gasteiger partial charge in [0.05, 0.1) is 0 Å². The lowest BCUT2D eigenvalue weighted by molar-refractivity contribution is -0.0495. The van der Waals surface area contributed by atoms with Gasteiger partial charge in [-0.1, -0.05) is 30.3 Å². The maximum atomic E-state index is 13.1. The number of hydrogen-bond acceptors (Lipinski definition) is 2. The molecule has 100 valence electrons. The quantitative estimate of drug-likeness (QED) is 0.640. The molecular weight excluding hydrogens is 234 g/mol. The van der Waals surface area contributed by atoms with E-state index in [4.69, 9.17) is 5.84 Å². The number of halogens is 2. The second-order valence-corrected chi connectivity index (χ2v) is 5.16. The Hall–Kier alpha value is -1.00. The lowest BCUT2D eigenvalue weighted by Crippen LogP contribution is -2.44. The Morgan fingerprint density at radius 1 is 1.22 bits per heavy atom. The van der Waals surface area contributed by atoms with Crippen LogP contribution in [0.2, 0.25) is 0 Å². The van der Waals surface area contributed by atoms with Crippen molar-refractivity contribution in [2.24, 2.45) is 11.8 Å². The van der Waals surface area contributed by atoms with Crippen molar-refractivity contribution >= 4 is 0 Å². The average molecular weight is 254 g/mol. The molecule has 3 N–H and O–H groups in total. The topological polar surface area (TPSA) is 38.0 Å². The van der Waals surface area contributed by atoms with E-state index >= 15 is 0 Å². The summed E-state index contributed by atoms with van der Waals surface area (Å²) in [6.45, 7) is 0. The molecule has 1 aromatic rings. The minimum Gasteiger partial charge on any atom is -0.271 e. The van der Waals surface area contributed by atoms with Crippen molar-refractivity contribution in [2.45, 2.75) is 44.1 Å². The molecule has 0 aromatic heterocycles. The smallest absolute Gasteiger partial charge is 0.248 e. The van der Waals surface area contributed by atoms with Crippen LogP contribution in [0.3, 0.4) is 0 Å². The van der Waals surface area contributed by atoms with Gasteiger partial charge in [0, 0.05) is 18.9 Å². The molecule has 1 aliphatic carbocycles. The summed E-state index contributed by atoms with van der Waals surface area (Å²) >= 11 is 0. The minimum absolute atomic E-state index is 0.00929. The summed E-state index contributed by atoms with van der Waals surface area (Å²) in [6.07, 6.45) is 1.88. The summed E-state index contributed by atoms with van der Waals surface area (Å²) < 4.78 is 26.2. The highest BCUT2D eigenvalue weighted by Crippen LogP contribution is 2.37. The summed E-state index contributed by atoms with van der Waals surface area (Å²) in [5.74, 6) is 3.36. The van der Waals surface area contributed by atoms with Gasteiger partial charge in [-0.25, -0.2) is 8.78 Å². The van der Waals surface area contributed by atoms with Gasteiger partial charge in [0.25, 0.3) is 0 Å². The highest BCUT2D eigenvalue weighted by Gasteiger charge is 2.37. The summed E-state index contributed by atoms with van der Waals surface area (Å²) in [5.41, 5.74) is 4.00. The van der Waals surface area contributed by atoms with Gasteiger partial charge >= 0.3 is 0 Å². The van der Waals surface area contributed by atoms with Crippen molar-refractivity contribution in [3.05, 3.63) is 35.9 Å². The highest BCUT2D eigenvalue weighted by molar-refractivity contribution is 5.16. The summed E-state index contributed by atoms with van der Waals surface area (Å²) in [5, 5.41) is 0. The van der Waals surface area contributed by atoms with Gasteiger partial charge in [-0.05, 0) is 30.7 Å². The third kappa shape index (κ3) is 3.50. The first kappa shape index (κ1) is 13.4. The number of hydrogen-bond donors (Lipinski definition) is 2. The van der Waals surface area contributed by atoms with E-state index in [9.17, 15) is 8.78 Å². The average Bonchev–Trinajstić information content (AvgIpc) is 2.38. The highest BCUT2D eigenvalue weighted by atomic mass is 19.3. The van der Waals surface area contributed by atoms with E-state index in [1.807, 2.05) is 30.3 Å². The lowest BCUT2D eigenvalue weighted by Gasteiger charge is -2.33. The molecule has 18 heavy (non-hydrogen) atoms. The van der Waals surface area contributed by atoms with Crippen LogP contribution in [0, 0.1) is 5.92 Å². The fourth-order valence-corrected chi connectivity index (χ4v) is 2.69. The van der Waals surface area contributed by atoms with Crippen LogP contribution in [0.1, 0.15) is 31.2 Å². The number of hydrazine groups is 1. The van der Waals surface area contributed by atoms with Crippen molar-refractivity contribution < 1.29 is 8.78 Å². The molecule has 0 radical (unpaired) electrons. The molecule has 1 atom stereocenters. The Morgan fingerprint density at radius 3 is 2.39 bits per heavy atom. The molecule has 0 heterocycles. The molecule has 1 fully saturated rings. The first-order valence-corrected chi connectivity index (χ1v) is 6.48. The van der Waals surface area contributed by atoms with E-state index in [-0.39, 0.29) is 24.8 Å². The molecule has 0 spiro atoms. The van der Waals surface area contributed by atoms with Crippen molar-refractivity contribution in [3.8, 4) is 0 Å². The Morgan fingerprint density at radius 2 is 1.83 bits per heavy atom. The van der Waals surface area contributed by atoms with Crippen LogP contribution >= 0.6 is 0 Å². The standard InChI is InChI=1S/C14H20F2N2/c15-14(16)8-6-12(7-9-14)13(18-17)10-11-4-2-1-3-5-11/h1-5,12-13,18H,6-10,17H2. The molecule has 4 heteroatoms. The van der Waals surface area contributed by atoms with Gasteiger partial charge in [0.1, 0.15) is 0 Å². The van der Waals surface area contributed by atoms with Crippen LogP contribution in [-0.4, -0.2) is 12.0 Å². The second kappa shape index (κ2) is 5.76. The Labute approximate surface area is 107 Å². The summed E-state index contributed by atoms with van der Waals surface area (Å²) in [7, 11) is 0. The monoisotopic (exact) mass is 254 g/mol. The summed E-state index contributed by atoms with van der Waals surface area (Å²) in [6, 6.07) is 10.1. The van der Waals surface area contributed by atoms with Gasteiger partial charge in [0.15, 0.2) is 0 Å². The summed E-state index contributed by atoms with van der Waals surface area (Å²) in [4.78, 5) is 0. The zero-order chi connectivity index (χ0) is 13.0. The second-order valence-electron chi connectivity index (χ2n) is 5.16. The van der Waals surface area contributed by atoms with E-state index in [0.717, 1.165) is 6.42 Å². The van der Waals surface area contributed by atoms with Crippen LogP contribution in [0.15, 0.2) is 30.3 Å². The van der Waals surface area contributed by atoms with E-state index in [1.165, 1.54) is 5.56 Å². The first-order valence-electron chi connectivity index (χ1n) is 6.48. The maximum absolute atomic E-state index is 13.1. The first-order chi connectivity index (χ1) is 8.61. The SMILES string of the molecule is NNC(Cc1ccccc1)C1CCC(F)(F)CC1. The number of alkyl halides is 2. The van der Waals surface area contributed by atoms with Crippen LogP contribution in [-0.2, 0) is 6.42 Å². The van der Waals surface area contributed by atoms with E-state index < -0.39 is 5.92 Å². The van der Waals surface area contributed by atoms with E-state index in [0.29, 0.717) is 12.8 Å². The minimum atomic E-state index is -2.47. The van der Waals surface area contributed by atoms with Crippen LogP contribution in [0.5, 0.6) is 0 Å². The normalized spacial score (nSPS) is 21.7. The fourth-order valence-electron chi connectivity index (χ4n) is 2.69. The molecular formula is C14H20F2N2. The van der Waals surface area contributed by atoms with Gasteiger partial charge < -0.3 is 0 Å². The molecule has 0 aliphatic heterocycles. The number of nitrogens with one attached hydrogen (secondary N) is 1. The molecule has 2 rings (SSSR count). The zero-order valence-electron chi connectivity index (χ0n) is 10.4. The Bertz CT molecular complexity index is 357. The van der Waals surface area contributed by atoms with Crippen molar-refractivity contribution in [1.82, 2.24) is 5.43 Å². The third-order valence-electron chi connectivity index (χ3n) is 3.84. The predicted octanol–water partition coefficient (Wildman–Crippen LogP) is 2.89. The van der Waals surface area contributed by atoms with Gasteiger partial charge in [-0.3, -0.25) is 11.3 Å². The van der Waals surface area contributed by atoms with Crippen molar-refractivity contribution in [2.75, 3.05) is 0 Å². The van der Waals surface area contributed by atoms with Gasteiger partial charge in [-0.15, -0.1) is 0 Å². The molecule has 1 saturated carbocycles. The predicted molar refractivity (Wildman–Crippen MR) is 68.2 cm³/mol. The van der Waals surface area contributed by atoms with E-state index in [1.54, 1.807) is 0 Å². The van der Waals surface area contributed by atoms with Crippen LogP contribution < -0.4 is 11.3 Å². The number of benzene rings is 1.